The molecule has 0 fully saturated rings. The first-order valence-electron chi connectivity index (χ1n) is 6.50. The van der Waals surface area contributed by atoms with Crippen LogP contribution in [0.25, 0.3) is 10.9 Å². The van der Waals surface area contributed by atoms with Gasteiger partial charge in [-0.3, -0.25) is 4.79 Å². The summed E-state index contributed by atoms with van der Waals surface area (Å²) < 4.78 is 2.05. The molecule has 0 spiro atoms. The largest absolute Gasteiger partial charge is 0.337 e. The number of aromatic nitrogens is 1. The van der Waals surface area contributed by atoms with Crippen LogP contribution in [0.3, 0.4) is 0 Å². The lowest BCUT2D eigenvalue weighted by atomic mass is 10.1. The molecule has 4 heteroatoms. The van der Waals surface area contributed by atoms with E-state index < -0.39 is 0 Å². The second-order valence-corrected chi connectivity index (χ2v) is 5.79. The fourth-order valence-corrected chi connectivity index (χ4v) is 2.66. The third-order valence-electron chi connectivity index (χ3n) is 3.24. The number of nitrogens with two attached hydrogens (primary N) is 1. The fraction of sp³-hybridized carbons (Fsp3) is 0.400. The highest BCUT2D eigenvalue weighted by Crippen LogP contribution is 2.26. The van der Waals surface area contributed by atoms with Gasteiger partial charge < -0.3 is 10.3 Å². The second-order valence-electron chi connectivity index (χ2n) is 4.91. The SMILES string of the molecule is CSc1ccc2cc(C(=O)C(C)C)n(CCN)c2c1. The number of benzene rings is 1. The van der Waals surface area contributed by atoms with Crippen molar-refractivity contribution < 1.29 is 4.79 Å². The Hall–Kier alpha value is -1.26. The maximum atomic E-state index is 12.3. The normalized spacial score (nSPS) is 11.4. The summed E-state index contributed by atoms with van der Waals surface area (Å²) in [6.45, 7) is 5.07. The van der Waals surface area contributed by atoms with Crippen LogP contribution in [-0.4, -0.2) is 23.2 Å². The van der Waals surface area contributed by atoms with E-state index in [-0.39, 0.29) is 11.7 Å². The Morgan fingerprint density at radius 2 is 2.11 bits per heavy atom. The van der Waals surface area contributed by atoms with Gasteiger partial charge in [0, 0.05) is 34.8 Å². The van der Waals surface area contributed by atoms with Crippen molar-refractivity contribution in [3.63, 3.8) is 0 Å². The molecule has 0 aliphatic rings. The highest BCUT2D eigenvalue weighted by Gasteiger charge is 2.17. The van der Waals surface area contributed by atoms with E-state index in [9.17, 15) is 4.79 Å². The van der Waals surface area contributed by atoms with Gasteiger partial charge in [-0.05, 0) is 24.5 Å². The summed E-state index contributed by atoms with van der Waals surface area (Å²) in [5.74, 6) is 0.177. The van der Waals surface area contributed by atoms with Gasteiger partial charge in [0.2, 0.25) is 0 Å². The van der Waals surface area contributed by atoms with Crippen LogP contribution in [0.1, 0.15) is 24.3 Å². The molecule has 0 aliphatic carbocycles. The zero-order valence-electron chi connectivity index (χ0n) is 11.6. The van der Waals surface area contributed by atoms with E-state index in [0.29, 0.717) is 13.1 Å². The van der Waals surface area contributed by atoms with E-state index in [1.807, 2.05) is 19.9 Å². The molecule has 2 rings (SSSR count). The molecule has 2 aromatic rings. The van der Waals surface area contributed by atoms with Crippen LogP contribution in [0.5, 0.6) is 0 Å². The first-order valence-corrected chi connectivity index (χ1v) is 7.72. The zero-order valence-corrected chi connectivity index (χ0v) is 12.5. The first kappa shape index (κ1) is 14.2. The third kappa shape index (κ3) is 2.69. The van der Waals surface area contributed by atoms with Gasteiger partial charge in [0.1, 0.15) is 0 Å². The summed E-state index contributed by atoms with van der Waals surface area (Å²) in [5.41, 5.74) is 7.56. The van der Waals surface area contributed by atoms with E-state index in [0.717, 1.165) is 16.6 Å². The topological polar surface area (TPSA) is 48.0 Å². The van der Waals surface area contributed by atoms with Gasteiger partial charge in [-0.2, -0.15) is 0 Å². The molecule has 0 amide bonds. The van der Waals surface area contributed by atoms with Crippen molar-refractivity contribution in [3.8, 4) is 0 Å². The Bertz CT molecular complexity index is 601. The fourth-order valence-electron chi connectivity index (χ4n) is 2.23. The van der Waals surface area contributed by atoms with Crippen LogP contribution < -0.4 is 5.73 Å². The van der Waals surface area contributed by atoms with Crippen LogP contribution in [0.15, 0.2) is 29.2 Å². The molecule has 0 saturated carbocycles. The minimum Gasteiger partial charge on any atom is -0.337 e. The summed E-state index contributed by atoms with van der Waals surface area (Å²) >= 11 is 1.70. The van der Waals surface area contributed by atoms with Crippen LogP contribution in [0.4, 0.5) is 0 Å². The lowest BCUT2D eigenvalue weighted by molar-refractivity contribution is 0.0930. The molecule has 3 nitrogen and oxygen atoms in total. The smallest absolute Gasteiger partial charge is 0.181 e. The van der Waals surface area contributed by atoms with E-state index in [2.05, 4.69) is 29.0 Å². The number of carbonyl (C=O) groups excluding carboxylic acids is 1. The van der Waals surface area contributed by atoms with Crippen molar-refractivity contribution in [1.82, 2.24) is 4.57 Å². The van der Waals surface area contributed by atoms with Gasteiger partial charge in [-0.15, -0.1) is 11.8 Å². The van der Waals surface area contributed by atoms with E-state index in [1.54, 1.807) is 11.8 Å². The summed E-state index contributed by atoms with van der Waals surface area (Å²) in [7, 11) is 0. The van der Waals surface area contributed by atoms with E-state index >= 15 is 0 Å². The number of thioether (sulfide) groups is 1. The number of rotatable bonds is 5. The van der Waals surface area contributed by atoms with Crippen molar-refractivity contribution in [2.24, 2.45) is 11.7 Å². The Balaban J connectivity index is 2.63. The number of carbonyl (C=O) groups is 1. The van der Waals surface area contributed by atoms with Gasteiger partial charge in [-0.1, -0.05) is 19.9 Å². The van der Waals surface area contributed by atoms with Gasteiger partial charge in [0.25, 0.3) is 0 Å². The average Bonchev–Trinajstić information content (AvgIpc) is 2.76. The molecular weight excluding hydrogens is 256 g/mol. The molecule has 1 heterocycles. The van der Waals surface area contributed by atoms with Crippen molar-refractivity contribution in [1.29, 1.82) is 0 Å². The van der Waals surface area contributed by atoms with Gasteiger partial charge >= 0.3 is 0 Å². The minimum absolute atomic E-state index is 0.000794. The second kappa shape index (κ2) is 5.80. The van der Waals surface area contributed by atoms with Gasteiger partial charge in [0.15, 0.2) is 5.78 Å². The van der Waals surface area contributed by atoms with Gasteiger partial charge in [-0.25, -0.2) is 0 Å². The lowest BCUT2D eigenvalue weighted by Crippen LogP contribution is -2.17. The molecule has 2 N–H and O–H groups in total. The third-order valence-corrected chi connectivity index (χ3v) is 3.97. The lowest BCUT2D eigenvalue weighted by Gasteiger charge is -2.10. The quantitative estimate of drug-likeness (QED) is 0.674. The maximum Gasteiger partial charge on any atom is 0.181 e. The number of fused-ring (bicyclic) bond motifs is 1. The van der Waals surface area contributed by atoms with Crippen LogP contribution in [-0.2, 0) is 6.54 Å². The molecule has 19 heavy (non-hydrogen) atoms. The van der Waals surface area contributed by atoms with Crippen LogP contribution in [0.2, 0.25) is 0 Å². The van der Waals surface area contributed by atoms with E-state index in [4.69, 9.17) is 5.73 Å². The maximum absolute atomic E-state index is 12.3. The predicted octanol–water partition coefficient (Wildman–Crippen LogP) is 3.16. The summed E-state index contributed by atoms with van der Waals surface area (Å²) in [6, 6.07) is 8.28. The molecule has 0 radical (unpaired) electrons. The standard InChI is InChI=1S/C15H20N2OS/c1-10(2)15(18)14-8-11-4-5-12(19-3)9-13(11)17(14)7-6-16/h4-5,8-10H,6-7,16H2,1-3H3. The number of Topliss-reactive ketones (excluding diaryl/α,β-unsaturated/α-hetero) is 1. The Morgan fingerprint density at radius 3 is 2.68 bits per heavy atom. The van der Waals surface area contributed by atoms with Crippen LogP contribution >= 0.6 is 11.8 Å². The van der Waals surface area contributed by atoms with Crippen molar-refractivity contribution in [2.45, 2.75) is 25.3 Å². The molecule has 0 unspecified atom stereocenters. The average molecular weight is 276 g/mol. The molecule has 102 valence electrons. The first-order chi connectivity index (χ1) is 9.08. The Labute approximate surface area is 118 Å². The molecule has 0 atom stereocenters. The van der Waals surface area contributed by atoms with Crippen molar-refractivity contribution >= 4 is 28.4 Å². The van der Waals surface area contributed by atoms with Crippen molar-refractivity contribution in [3.05, 3.63) is 30.0 Å². The zero-order chi connectivity index (χ0) is 14.0. The van der Waals surface area contributed by atoms with Crippen molar-refractivity contribution in [2.75, 3.05) is 12.8 Å². The highest BCUT2D eigenvalue weighted by molar-refractivity contribution is 7.98. The molecule has 0 saturated heterocycles. The monoisotopic (exact) mass is 276 g/mol. The number of ketones is 1. The molecular formula is C15H20N2OS. The minimum atomic E-state index is 0.000794. The Kier molecular flexibility index (Phi) is 4.32. The van der Waals surface area contributed by atoms with Gasteiger partial charge in [0.05, 0.1) is 5.69 Å². The van der Waals surface area contributed by atoms with E-state index in [1.165, 1.54) is 4.90 Å². The van der Waals surface area contributed by atoms with Crippen LogP contribution in [0, 0.1) is 5.92 Å². The highest BCUT2D eigenvalue weighted by atomic mass is 32.2. The molecule has 0 bridgehead atoms. The molecule has 0 aliphatic heterocycles. The molecule has 1 aromatic carbocycles. The summed E-state index contributed by atoms with van der Waals surface area (Å²) in [5, 5.41) is 1.11. The summed E-state index contributed by atoms with van der Waals surface area (Å²) in [4.78, 5) is 13.5. The Morgan fingerprint density at radius 1 is 1.37 bits per heavy atom. The number of nitrogens with zero attached hydrogens (tertiary/aromatic N) is 1. The number of hydrogen-bond acceptors (Lipinski definition) is 3. The summed E-state index contributed by atoms with van der Waals surface area (Å²) in [6.07, 6.45) is 2.05. The number of hydrogen-bond donors (Lipinski definition) is 1. The molecule has 1 aromatic heterocycles. The predicted molar refractivity (Wildman–Crippen MR) is 81.9 cm³/mol.